The van der Waals surface area contributed by atoms with Crippen molar-refractivity contribution in [3.05, 3.63) is 28.9 Å². The fraction of sp³-hybridized carbons (Fsp3) is 0.200. The zero-order valence-corrected chi connectivity index (χ0v) is 9.41. The lowest BCUT2D eigenvalue weighted by molar-refractivity contribution is 1.10. The van der Waals surface area contributed by atoms with Crippen LogP contribution in [0.5, 0.6) is 0 Å². The van der Waals surface area contributed by atoms with Crippen molar-refractivity contribution in [2.45, 2.75) is 11.9 Å². The molecule has 72 valence electrons. The molecule has 1 heterocycles. The Kier molecular flexibility index (Phi) is 2.84. The minimum absolute atomic E-state index is 0.732. The minimum Gasteiger partial charge on any atom is -0.343 e. The predicted octanol–water partition coefficient (Wildman–Crippen LogP) is 3.40. The predicted molar refractivity (Wildman–Crippen MR) is 63.3 cm³/mol. The van der Waals surface area contributed by atoms with Crippen molar-refractivity contribution in [1.29, 1.82) is 0 Å². The monoisotopic (exact) mass is 222 g/mol. The summed E-state index contributed by atoms with van der Waals surface area (Å²) in [7, 11) is 0. The molecule has 2 nitrogen and oxygen atoms in total. The van der Waals surface area contributed by atoms with E-state index in [-0.39, 0.29) is 0 Å². The van der Waals surface area contributed by atoms with Crippen LogP contribution in [0.3, 0.4) is 0 Å². The summed E-state index contributed by atoms with van der Waals surface area (Å²) in [4.78, 5) is 7.67. The number of aromatic amines is 1. The second kappa shape index (κ2) is 4.11. The van der Waals surface area contributed by atoms with Crippen LogP contribution in [-0.4, -0.2) is 15.7 Å². The highest BCUT2D eigenvalue weighted by Gasteiger charge is 2.00. The molecule has 2 aromatic rings. The van der Waals surface area contributed by atoms with Gasteiger partial charge in [-0.05, 0) is 17.9 Å². The number of H-pyrrole nitrogens is 1. The van der Waals surface area contributed by atoms with Crippen molar-refractivity contribution >= 4 is 35.0 Å². The first-order chi connectivity index (χ1) is 6.81. The molecule has 0 unspecified atom stereocenters. The minimum atomic E-state index is 0.732. The molecule has 4 heteroatoms. The van der Waals surface area contributed by atoms with Crippen LogP contribution in [-0.2, 0) is 0 Å². The van der Waals surface area contributed by atoms with Gasteiger partial charge in [0.2, 0.25) is 0 Å². The van der Waals surface area contributed by atoms with Crippen LogP contribution in [0.25, 0.3) is 11.0 Å². The highest BCUT2D eigenvalue weighted by Crippen LogP contribution is 2.18. The van der Waals surface area contributed by atoms with Crippen LogP contribution in [0.4, 0.5) is 0 Å². The number of hydrogen-bond donors (Lipinski definition) is 1. The van der Waals surface area contributed by atoms with E-state index in [1.165, 1.54) is 0 Å². The maximum absolute atomic E-state index is 5.21. The molecule has 0 saturated heterocycles. The SMILES string of the molecule is CCSc1nc2ccccc2[nH]c1=S. The first kappa shape index (κ1) is 9.68. The van der Waals surface area contributed by atoms with Crippen LogP contribution < -0.4 is 0 Å². The Bertz CT molecular complexity index is 505. The van der Waals surface area contributed by atoms with Crippen molar-refractivity contribution in [3.8, 4) is 0 Å². The Balaban J connectivity index is 2.65. The molecule has 0 aliphatic carbocycles. The molecule has 0 atom stereocenters. The Hall–Kier alpha value is -0.870. The largest absolute Gasteiger partial charge is 0.343 e. The third kappa shape index (κ3) is 1.81. The van der Waals surface area contributed by atoms with Crippen LogP contribution in [0.1, 0.15) is 6.92 Å². The van der Waals surface area contributed by atoms with Gasteiger partial charge in [-0.25, -0.2) is 4.98 Å². The number of rotatable bonds is 2. The van der Waals surface area contributed by atoms with Crippen LogP contribution in [0.15, 0.2) is 29.3 Å². The normalized spacial score (nSPS) is 10.6. The Morgan fingerprint density at radius 3 is 3.00 bits per heavy atom. The van der Waals surface area contributed by atoms with Gasteiger partial charge in [-0.3, -0.25) is 0 Å². The van der Waals surface area contributed by atoms with E-state index >= 15 is 0 Å². The lowest BCUT2D eigenvalue weighted by Crippen LogP contribution is -1.88. The van der Waals surface area contributed by atoms with E-state index < -0.39 is 0 Å². The molecule has 0 aliphatic rings. The van der Waals surface area contributed by atoms with Crippen LogP contribution in [0.2, 0.25) is 0 Å². The summed E-state index contributed by atoms with van der Waals surface area (Å²) in [6.45, 7) is 2.09. The van der Waals surface area contributed by atoms with E-state index in [9.17, 15) is 0 Å². The number of hydrogen-bond acceptors (Lipinski definition) is 3. The molecule has 0 saturated carbocycles. The van der Waals surface area contributed by atoms with Gasteiger partial charge >= 0.3 is 0 Å². The Morgan fingerprint density at radius 2 is 2.21 bits per heavy atom. The topological polar surface area (TPSA) is 28.7 Å². The zero-order valence-electron chi connectivity index (χ0n) is 7.78. The molecule has 1 aromatic carbocycles. The van der Waals surface area contributed by atoms with Gasteiger partial charge < -0.3 is 4.98 Å². The van der Waals surface area contributed by atoms with Crippen molar-refractivity contribution in [2.24, 2.45) is 0 Å². The number of aromatic nitrogens is 2. The van der Waals surface area contributed by atoms with Gasteiger partial charge in [0.05, 0.1) is 11.0 Å². The summed E-state index contributed by atoms with van der Waals surface area (Å²) >= 11 is 6.88. The molecule has 2 rings (SSSR count). The van der Waals surface area contributed by atoms with Gasteiger partial charge in [0.15, 0.2) is 0 Å². The summed E-state index contributed by atoms with van der Waals surface area (Å²) in [6.07, 6.45) is 0. The number of nitrogens with one attached hydrogen (secondary N) is 1. The standard InChI is InChI=1S/C10H10N2S2/c1-2-14-10-9(13)11-7-5-3-4-6-8(7)12-10/h3-6H,2H2,1H3,(H,11,13). The van der Waals surface area contributed by atoms with Gasteiger partial charge in [-0.2, -0.15) is 0 Å². The molecule has 0 bridgehead atoms. The summed E-state index contributed by atoms with van der Waals surface area (Å²) in [5.74, 6) is 0.989. The third-order valence-electron chi connectivity index (χ3n) is 1.85. The van der Waals surface area contributed by atoms with Gasteiger partial charge in [0.25, 0.3) is 0 Å². The van der Waals surface area contributed by atoms with Crippen molar-refractivity contribution in [3.63, 3.8) is 0 Å². The van der Waals surface area contributed by atoms with Crippen LogP contribution >= 0.6 is 24.0 Å². The molecule has 0 radical (unpaired) electrons. The van der Waals surface area contributed by atoms with E-state index in [1.807, 2.05) is 24.3 Å². The molecule has 0 aliphatic heterocycles. The molecular weight excluding hydrogens is 212 g/mol. The maximum atomic E-state index is 5.21. The summed E-state index contributed by atoms with van der Waals surface area (Å²) in [5, 5.41) is 0.918. The second-order valence-electron chi connectivity index (χ2n) is 2.82. The van der Waals surface area contributed by atoms with Gasteiger partial charge in [0.1, 0.15) is 9.67 Å². The number of thioether (sulfide) groups is 1. The van der Waals surface area contributed by atoms with Gasteiger partial charge in [-0.1, -0.05) is 31.3 Å². The number of benzene rings is 1. The molecular formula is C10H10N2S2. The summed E-state index contributed by atoms with van der Waals surface area (Å²) in [5.41, 5.74) is 1.97. The van der Waals surface area contributed by atoms with Crippen molar-refractivity contribution in [1.82, 2.24) is 9.97 Å². The van der Waals surface area contributed by atoms with E-state index in [0.29, 0.717) is 0 Å². The first-order valence-electron chi connectivity index (χ1n) is 4.43. The number of para-hydroxylation sites is 2. The molecule has 0 amide bonds. The highest BCUT2D eigenvalue weighted by molar-refractivity contribution is 7.99. The second-order valence-corrected chi connectivity index (χ2v) is 4.48. The van der Waals surface area contributed by atoms with Crippen molar-refractivity contribution < 1.29 is 0 Å². The third-order valence-corrected chi connectivity index (χ3v) is 3.13. The Morgan fingerprint density at radius 1 is 1.43 bits per heavy atom. The van der Waals surface area contributed by atoms with E-state index in [4.69, 9.17) is 12.2 Å². The number of fused-ring (bicyclic) bond motifs is 1. The van der Waals surface area contributed by atoms with Gasteiger partial charge in [0, 0.05) is 0 Å². The van der Waals surface area contributed by atoms with E-state index in [1.54, 1.807) is 11.8 Å². The lowest BCUT2D eigenvalue weighted by atomic mass is 10.3. The summed E-state index contributed by atoms with van der Waals surface area (Å²) in [6, 6.07) is 7.92. The molecule has 1 aromatic heterocycles. The quantitative estimate of drug-likeness (QED) is 0.623. The van der Waals surface area contributed by atoms with Gasteiger partial charge in [-0.15, -0.1) is 11.8 Å². The summed E-state index contributed by atoms with van der Waals surface area (Å²) < 4.78 is 0.732. The molecule has 1 N–H and O–H groups in total. The van der Waals surface area contributed by atoms with Crippen LogP contribution in [0, 0.1) is 4.64 Å². The fourth-order valence-electron chi connectivity index (χ4n) is 1.25. The van der Waals surface area contributed by atoms with E-state index in [2.05, 4.69) is 16.9 Å². The fourth-order valence-corrected chi connectivity index (χ4v) is 2.20. The molecule has 0 fully saturated rings. The smallest absolute Gasteiger partial charge is 0.136 e. The lowest BCUT2D eigenvalue weighted by Gasteiger charge is -2.01. The molecule has 0 spiro atoms. The average Bonchev–Trinajstić information content (AvgIpc) is 2.19. The maximum Gasteiger partial charge on any atom is 0.136 e. The van der Waals surface area contributed by atoms with Crippen molar-refractivity contribution in [2.75, 3.05) is 5.75 Å². The molecule has 14 heavy (non-hydrogen) atoms. The number of nitrogens with zero attached hydrogens (tertiary/aromatic N) is 1. The highest BCUT2D eigenvalue weighted by atomic mass is 32.2. The van der Waals surface area contributed by atoms with E-state index in [0.717, 1.165) is 26.5 Å². The first-order valence-corrected chi connectivity index (χ1v) is 5.82. The average molecular weight is 222 g/mol. The Labute approximate surface area is 91.8 Å². The zero-order chi connectivity index (χ0) is 9.97.